The zero-order valence-electron chi connectivity index (χ0n) is 20.5. The molecule has 2 aromatic carbocycles. The first kappa shape index (κ1) is 23.6. The van der Waals surface area contributed by atoms with Crippen LogP contribution in [0.5, 0.6) is 0 Å². The summed E-state index contributed by atoms with van der Waals surface area (Å²) in [7, 11) is 0. The van der Waals surface area contributed by atoms with Crippen LogP contribution >= 0.6 is 0 Å². The van der Waals surface area contributed by atoms with E-state index >= 15 is 0 Å². The third-order valence-corrected chi connectivity index (χ3v) is 6.07. The Morgan fingerprint density at radius 1 is 1.15 bits per heavy atom. The van der Waals surface area contributed by atoms with Crippen molar-refractivity contribution >= 4 is 34.2 Å². The van der Waals surface area contributed by atoms with E-state index in [1.165, 1.54) is 10.5 Å². The number of H-pyrrole nitrogens is 1. The molecular formula is C28H34N4O2. The van der Waals surface area contributed by atoms with Gasteiger partial charge in [-0.15, -0.1) is 0 Å². The highest BCUT2D eigenvalue weighted by molar-refractivity contribution is 6.18. The summed E-state index contributed by atoms with van der Waals surface area (Å²) in [5, 5.41) is 4.01. The summed E-state index contributed by atoms with van der Waals surface area (Å²) in [4.78, 5) is 32.6. The van der Waals surface area contributed by atoms with E-state index in [2.05, 4.69) is 54.4 Å². The van der Waals surface area contributed by atoms with Gasteiger partial charge in [0.05, 0.1) is 5.69 Å². The third-order valence-electron chi connectivity index (χ3n) is 6.07. The molecule has 1 aliphatic heterocycles. The number of hydrogen-bond acceptors (Lipinski definition) is 3. The number of benzene rings is 2. The predicted octanol–water partition coefficient (Wildman–Crippen LogP) is 6.49. The zero-order chi connectivity index (χ0) is 24.3. The number of rotatable bonds is 5. The Morgan fingerprint density at radius 2 is 1.91 bits per heavy atom. The number of allylic oxidation sites excluding steroid dienone is 1. The molecule has 1 unspecified atom stereocenters. The zero-order valence-corrected chi connectivity index (χ0v) is 20.5. The molecule has 3 amide bonds. The fraction of sp³-hybridized carbons (Fsp3) is 0.357. The van der Waals surface area contributed by atoms with Crippen LogP contribution < -0.4 is 10.2 Å². The molecule has 34 heavy (non-hydrogen) atoms. The molecule has 178 valence electrons. The summed E-state index contributed by atoms with van der Waals surface area (Å²) in [5.74, 6) is 0.0673. The van der Waals surface area contributed by atoms with Gasteiger partial charge in [-0.25, -0.2) is 9.69 Å². The van der Waals surface area contributed by atoms with Gasteiger partial charge >= 0.3 is 6.03 Å². The fourth-order valence-corrected chi connectivity index (χ4v) is 4.52. The largest absolute Gasteiger partial charge is 0.377 e. The molecule has 0 saturated heterocycles. The summed E-state index contributed by atoms with van der Waals surface area (Å²) in [6, 6.07) is 14.4. The van der Waals surface area contributed by atoms with Gasteiger partial charge in [-0.05, 0) is 53.9 Å². The van der Waals surface area contributed by atoms with Gasteiger partial charge in [-0.1, -0.05) is 52.0 Å². The van der Waals surface area contributed by atoms with E-state index < -0.39 is 6.03 Å². The Labute approximate surface area is 201 Å². The molecule has 1 atom stereocenters. The first-order valence-corrected chi connectivity index (χ1v) is 12.0. The molecule has 3 aromatic rings. The normalized spacial score (nSPS) is 16.0. The summed E-state index contributed by atoms with van der Waals surface area (Å²) in [6.45, 7) is 10.6. The van der Waals surface area contributed by atoms with E-state index in [-0.39, 0.29) is 17.7 Å². The summed E-state index contributed by atoms with van der Waals surface area (Å²) < 4.78 is 0. The van der Waals surface area contributed by atoms with Crippen molar-refractivity contribution in [2.75, 3.05) is 23.3 Å². The van der Waals surface area contributed by atoms with Crippen LogP contribution in [0.25, 0.3) is 10.9 Å². The monoisotopic (exact) mass is 458 g/mol. The second-order valence-corrected chi connectivity index (χ2v) is 10.1. The molecule has 0 spiro atoms. The second kappa shape index (κ2) is 9.75. The number of carbonyl (C=O) groups excluding carboxylic acids is 2. The molecule has 1 aliphatic rings. The van der Waals surface area contributed by atoms with Gasteiger partial charge in [0.15, 0.2) is 0 Å². The van der Waals surface area contributed by atoms with Gasteiger partial charge in [-0.2, -0.15) is 0 Å². The average molecular weight is 459 g/mol. The van der Waals surface area contributed by atoms with E-state index in [9.17, 15) is 9.59 Å². The van der Waals surface area contributed by atoms with E-state index in [1.807, 2.05) is 36.4 Å². The summed E-state index contributed by atoms with van der Waals surface area (Å²) >= 11 is 0. The Kier molecular flexibility index (Phi) is 6.77. The maximum atomic E-state index is 13.1. The smallest absolute Gasteiger partial charge is 0.333 e. The van der Waals surface area contributed by atoms with Crippen molar-refractivity contribution in [3.8, 4) is 0 Å². The number of imide groups is 1. The topological polar surface area (TPSA) is 68.4 Å². The van der Waals surface area contributed by atoms with E-state index in [4.69, 9.17) is 0 Å². The van der Waals surface area contributed by atoms with E-state index in [0.717, 1.165) is 30.4 Å². The SMILES string of the molecule is CCC(=O)N(C(=O)Nc1ccc2[nH]cc(C3C=CN(CC(C)(C)C)CC3)c2c1)c1ccccc1. The fourth-order valence-electron chi connectivity index (χ4n) is 4.52. The number of hydrogen-bond donors (Lipinski definition) is 2. The molecule has 1 aromatic heterocycles. The van der Waals surface area contributed by atoms with Crippen molar-refractivity contribution in [2.24, 2.45) is 5.41 Å². The minimum atomic E-state index is -0.454. The Morgan fingerprint density at radius 3 is 2.56 bits per heavy atom. The number of anilines is 2. The minimum Gasteiger partial charge on any atom is -0.377 e. The van der Waals surface area contributed by atoms with Gasteiger partial charge in [-0.3, -0.25) is 4.79 Å². The summed E-state index contributed by atoms with van der Waals surface area (Å²) in [5.41, 5.74) is 3.74. The molecule has 4 rings (SSSR count). The Bertz CT molecular complexity index is 1190. The lowest BCUT2D eigenvalue weighted by Gasteiger charge is -2.33. The number of nitrogens with one attached hydrogen (secondary N) is 2. The van der Waals surface area contributed by atoms with E-state index in [1.54, 1.807) is 19.1 Å². The number of carbonyl (C=O) groups is 2. The number of aromatic nitrogens is 1. The van der Waals surface area contributed by atoms with Crippen molar-refractivity contribution < 1.29 is 9.59 Å². The van der Waals surface area contributed by atoms with Crippen LogP contribution in [0.4, 0.5) is 16.2 Å². The van der Waals surface area contributed by atoms with Gasteiger partial charge in [0.1, 0.15) is 0 Å². The van der Waals surface area contributed by atoms with Crippen LogP contribution in [0.15, 0.2) is 67.0 Å². The number of urea groups is 1. The lowest BCUT2D eigenvalue weighted by atomic mass is 9.91. The van der Waals surface area contributed by atoms with Crippen LogP contribution in [0.2, 0.25) is 0 Å². The van der Waals surface area contributed by atoms with Gasteiger partial charge < -0.3 is 15.2 Å². The van der Waals surface area contributed by atoms with Crippen molar-refractivity contribution in [1.29, 1.82) is 0 Å². The first-order chi connectivity index (χ1) is 16.2. The Hall–Kier alpha value is -3.54. The van der Waals surface area contributed by atoms with Gasteiger partial charge in [0.2, 0.25) is 5.91 Å². The van der Waals surface area contributed by atoms with Crippen molar-refractivity contribution in [1.82, 2.24) is 9.88 Å². The standard InChI is InChI=1S/C28H34N4O2/c1-5-26(33)32(22-9-7-6-8-10-22)27(34)30-21-11-12-25-23(17-21)24(18-29-25)20-13-15-31(16-14-20)19-28(2,3)4/h6-13,15,17-18,20,29H,5,14,16,19H2,1-4H3,(H,30,34). The molecule has 0 fully saturated rings. The maximum absolute atomic E-state index is 13.1. The minimum absolute atomic E-state index is 0.240. The highest BCUT2D eigenvalue weighted by Gasteiger charge is 2.24. The van der Waals surface area contributed by atoms with Crippen LogP contribution in [-0.4, -0.2) is 34.9 Å². The van der Waals surface area contributed by atoms with Crippen LogP contribution in [0.3, 0.4) is 0 Å². The van der Waals surface area contributed by atoms with Gasteiger partial charge in [0.25, 0.3) is 0 Å². The lowest BCUT2D eigenvalue weighted by molar-refractivity contribution is -0.117. The number of nitrogens with zero attached hydrogens (tertiary/aromatic N) is 2. The van der Waals surface area contributed by atoms with Crippen LogP contribution in [0.1, 0.15) is 52.0 Å². The molecule has 6 heteroatoms. The molecule has 0 bridgehead atoms. The second-order valence-electron chi connectivity index (χ2n) is 10.1. The van der Waals surface area contributed by atoms with Crippen molar-refractivity contribution in [3.63, 3.8) is 0 Å². The van der Waals surface area contributed by atoms with Crippen LogP contribution in [-0.2, 0) is 4.79 Å². The molecule has 6 nitrogen and oxygen atoms in total. The first-order valence-electron chi connectivity index (χ1n) is 12.0. The molecule has 0 saturated carbocycles. The number of fused-ring (bicyclic) bond motifs is 1. The van der Waals surface area contributed by atoms with Crippen LogP contribution in [0, 0.1) is 5.41 Å². The van der Waals surface area contributed by atoms with Crippen molar-refractivity contribution in [2.45, 2.75) is 46.5 Å². The van der Waals surface area contributed by atoms with Gasteiger partial charge in [0, 0.05) is 48.2 Å². The predicted molar refractivity (Wildman–Crippen MR) is 139 cm³/mol. The average Bonchev–Trinajstić information content (AvgIpc) is 3.22. The summed E-state index contributed by atoms with van der Waals surface area (Å²) in [6.07, 6.45) is 7.85. The molecule has 0 aliphatic carbocycles. The molecule has 2 heterocycles. The highest BCUT2D eigenvalue weighted by Crippen LogP contribution is 2.33. The highest BCUT2D eigenvalue weighted by atomic mass is 16.2. The maximum Gasteiger partial charge on any atom is 0.333 e. The number of para-hydroxylation sites is 1. The van der Waals surface area contributed by atoms with E-state index in [0.29, 0.717) is 17.3 Å². The Balaban J connectivity index is 1.55. The quantitative estimate of drug-likeness (QED) is 0.459. The molecular weight excluding hydrogens is 424 g/mol. The lowest BCUT2D eigenvalue weighted by Crippen LogP contribution is -2.39. The number of amides is 3. The van der Waals surface area contributed by atoms with Crippen molar-refractivity contribution in [3.05, 3.63) is 72.6 Å². The number of aromatic amines is 1. The third kappa shape index (κ3) is 5.33. The molecule has 0 radical (unpaired) electrons. The molecule has 2 N–H and O–H groups in total.